The molecule has 0 aromatic rings. The van der Waals surface area contributed by atoms with Gasteiger partial charge in [-0.05, 0) is 37.5 Å². The van der Waals surface area contributed by atoms with Crippen LogP contribution < -0.4 is 16.8 Å². The van der Waals surface area contributed by atoms with E-state index < -0.39 is 6.10 Å². The minimum absolute atomic E-state index is 0.0718. The van der Waals surface area contributed by atoms with E-state index in [2.05, 4.69) is 23.7 Å². The van der Waals surface area contributed by atoms with Gasteiger partial charge >= 0.3 is 0 Å². The van der Waals surface area contributed by atoms with Crippen LogP contribution in [0.3, 0.4) is 0 Å². The zero-order valence-electron chi connectivity index (χ0n) is 16.7. The van der Waals surface area contributed by atoms with Crippen molar-refractivity contribution in [1.29, 1.82) is 0 Å². The zero-order chi connectivity index (χ0) is 21.1. The van der Waals surface area contributed by atoms with Crippen LogP contribution in [0.2, 0.25) is 0 Å². The number of nitrogens with one attached hydrogen (secondary N) is 1. The predicted molar refractivity (Wildman–Crippen MR) is 110 cm³/mol. The normalized spacial score (nSPS) is 21.2. The molecule has 0 spiro atoms. The number of rotatable bonds is 9. The van der Waals surface area contributed by atoms with Crippen LogP contribution in [-0.4, -0.2) is 66.3 Å². The summed E-state index contributed by atoms with van der Waals surface area (Å²) in [5, 5.41) is 21.1. The molecule has 0 radical (unpaired) electrons. The third kappa shape index (κ3) is 18.3. The predicted octanol–water partition coefficient (Wildman–Crippen LogP) is 0.198. The first-order valence-corrected chi connectivity index (χ1v) is 10.2. The molecule has 0 aromatic carbocycles. The van der Waals surface area contributed by atoms with E-state index in [0.29, 0.717) is 24.7 Å². The summed E-state index contributed by atoms with van der Waals surface area (Å²) >= 11 is 3.96. The van der Waals surface area contributed by atoms with Gasteiger partial charge in [0.15, 0.2) is 0 Å². The topological polar surface area (TPSA) is 148 Å². The first-order chi connectivity index (χ1) is 12.8. The van der Waals surface area contributed by atoms with Crippen molar-refractivity contribution in [2.75, 3.05) is 32.1 Å². The van der Waals surface area contributed by atoms with Crippen molar-refractivity contribution in [3.05, 3.63) is 0 Å². The number of carbonyl (C=O) groups is 2. The number of unbranched alkanes of at least 4 members (excludes halogenated alkanes) is 2. The lowest BCUT2D eigenvalue weighted by molar-refractivity contribution is -0.122. The summed E-state index contributed by atoms with van der Waals surface area (Å²) in [5.74, 6) is 0.688. The molecular weight excluding hydrogens is 370 g/mol. The third-order valence-corrected chi connectivity index (χ3v) is 4.15. The van der Waals surface area contributed by atoms with Crippen LogP contribution in [-0.2, 0) is 14.3 Å². The molecule has 1 fully saturated rings. The summed E-state index contributed by atoms with van der Waals surface area (Å²) in [7, 11) is 0. The fraction of sp³-hybridized carbons (Fsp3) is 0.889. The minimum atomic E-state index is -0.473. The monoisotopic (exact) mass is 409 g/mol. The smallest absolute Gasteiger partial charge is 0.220 e. The molecule has 3 unspecified atom stereocenters. The molecule has 162 valence electrons. The lowest BCUT2D eigenvalue weighted by atomic mass is 9.90. The van der Waals surface area contributed by atoms with Gasteiger partial charge in [0.05, 0.1) is 12.7 Å². The molecule has 8 nitrogen and oxygen atoms in total. The van der Waals surface area contributed by atoms with E-state index in [1.165, 1.54) is 6.92 Å². The van der Waals surface area contributed by atoms with E-state index in [4.69, 9.17) is 15.6 Å². The van der Waals surface area contributed by atoms with Gasteiger partial charge < -0.3 is 31.7 Å². The number of carbonyl (C=O) groups excluding carboxylic acids is 2. The molecule has 27 heavy (non-hydrogen) atoms. The average Bonchev–Trinajstić information content (AvgIpc) is 2.62. The minimum Gasteiger partial charge on any atom is -0.394 e. The largest absolute Gasteiger partial charge is 0.394 e. The van der Waals surface area contributed by atoms with Gasteiger partial charge in [-0.15, -0.1) is 0 Å². The van der Waals surface area contributed by atoms with Gasteiger partial charge in [0.25, 0.3) is 0 Å². The first kappa shape index (κ1) is 28.3. The number of amides is 2. The molecule has 0 aromatic heterocycles. The summed E-state index contributed by atoms with van der Waals surface area (Å²) in [6, 6.07) is 0. The van der Waals surface area contributed by atoms with E-state index in [-0.39, 0.29) is 24.5 Å². The SMILES string of the molecule is CC(N)=O.CCC1CCOC(CO)C1O.NCCCCCNC(=O)CCS. The lowest BCUT2D eigenvalue weighted by Gasteiger charge is -2.33. The fourth-order valence-electron chi connectivity index (χ4n) is 2.41. The van der Waals surface area contributed by atoms with E-state index in [1.807, 2.05) is 6.92 Å². The summed E-state index contributed by atoms with van der Waals surface area (Å²) in [6.07, 6.45) is 4.72. The summed E-state index contributed by atoms with van der Waals surface area (Å²) in [4.78, 5) is 20.1. The van der Waals surface area contributed by atoms with Crippen LogP contribution in [0.1, 0.15) is 52.4 Å². The van der Waals surface area contributed by atoms with Crippen molar-refractivity contribution >= 4 is 24.4 Å². The third-order valence-electron chi connectivity index (χ3n) is 3.93. The molecule has 2 amide bonds. The van der Waals surface area contributed by atoms with Gasteiger partial charge in [-0.25, -0.2) is 0 Å². The Morgan fingerprint density at radius 3 is 2.41 bits per heavy atom. The van der Waals surface area contributed by atoms with E-state index in [1.54, 1.807) is 0 Å². The first-order valence-electron chi connectivity index (χ1n) is 9.58. The fourth-order valence-corrected chi connectivity index (χ4v) is 2.62. The lowest BCUT2D eigenvalue weighted by Crippen LogP contribution is -2.42. The summed E-state index contributed by atoms with van der Waals surface area (Å²) in [6.45, 7) is 5.46. The van der Waals surface area contributed by atoms with Crippen molar-refractivity contribution in [2.45, 2.75) is 64.6 Å². The maximum absolute atomic E-state index is 10.9. The van der Waals surface area contributed by atoms with E-state index in [0.717, 1.165) is 45.2 Å². The Morgan fingerprint density at radius 2 is 1.93 bits per heavy atom. The van der Waals surface area contributed by atoms with Crippen LogP contribution in [0.5, 0.6) is 0 Å². The summed E-state index contributed by atoms with van der Waals surface area (Å²) < 4.78 is 5.17. The molecular formula is C18H39N3O5S. The zero-order valence-corrected chi connectivity index (χ0v) is 17.6. The maximum Gasteiger partial charge on any atom is 0.220 e. The van der Waals surface area contributed by atoms with E-state index in [9.17, 15) is 14.7 Å². The van der Waals surface area contributed by atoms with Gasteiger partial charge in [0, 0.05) is 26.5 Å². The Bertz CT molecular complexity index is 359. The molecule has 7 N–H and O–H groups in total. The molecule has 0 bridgehead atoms. The Kier molecular flexibility index (Phi) is 20.9. The molecule has 9 heteroatoms. The Balaban J connectivity index is 0. The van der Waals surface area contributed by atoms with Crippen molar-refractivity contribution in [1.82, 2.24) is 5.32 Å². The van der Waals surface area contributed by atoms with Crippen LogP contribution in [0.4, 0.5) is 0 Å². The second kappa shape index (κ2) is 19.9. The highest BCUT2D eigenvalue weighted by molar-refractivity contribution is 7.80. The van der Waals surface area contributed by atoms with Gasteiger partial charge in [0.1, 0.15) is 6.10 Å². The maximum atomic E-state index is 10.9. The van der Waals surface area contributed by atoms with Crippen molar-refractivity contribution in [2.24, 2.45) is 17.4 Å². The molecule has 3 atom stereocenters. The van der Waals surface area contributed by atoms with Gasteiger partial charge in [0.2, 0.25) is 11.8 Å². The molecule has 1 aliphatic heterocycles. The quantitative estimate of drug-likeness (QED) is 0.237. The highest BCUT2D eigenvalue weighted by Gasteiger charge is 2.30. The molecule has 1 saturated heterocycles. The number of thiol groups is 1. The average molecular weight is 410 g/mol. The van der Waals surface area contributed by atoms with Crippen molar-refractivity contribution in [3.63, 3.8) is 0 Å². The number of nitrogens with two attached hydrogens (primary N) is 2. The highest BCUT2D eigenvalue weighted by atomic mass is 32.1. The van der Waals surface area contributed by atoms with Crippen LogP contribution >= 0.6 is 12.6 Å². The van der Waals surface area contributed by atoms with Crippen LogP contribution in [0, 0.1) is 5.92 Å². The van der Waals surface area contributed by atoms with Gasteiger partial charge in [-0.1, -0.05) is 19.8 Å². The van der Waals surface area contributed by atoms with Gasteiger partial charge in [-0.3, -0.25) is 9.59 Å². The van der Waals surface area contributed by atoms with Crippen molar-refractivity contribution in [3.8, 4) is 0 Å². The molecule has 0 saturated carbocycles. The Hall–Kier alpha value is -0.870. The van der Waals surface area contributed by atoms with Crippen LogP contribution in [0.15, 0.2) is 0 Å². The molecule has 1 aliphatic rings. The number of ether oxygens (including phenoxy) is 1. The number of hydrogen-bond acceptors (Lipinski definition) is 7. The highest BCUT2D eigenvalue weighted by Crippen LogP contribution is 2.23. The molecule has 1 heterocycles. The van der Waals surface area contributed by atoms with E-state index >= 15 is 0 Å². The summed E-state index contributed by atoms with van der Waals surface area (Å²) in [5.41, 5.74) is 9.79. The Morgan fingerprint density at radius 1 is 1.30 bits per heavy atom. The number of hydrogen-bond donors (Lipinski definition) is 6. The van der Waals surface area contributed by atoms with Gasteiger partial charge in [-0.2, -0.15) is 12.6 Å². The molecule has 0 aliphatic carbocycles. The second-order valence-corrected chi connectivity index (χ2v) is 6.77. The standard InChI is InChI=1S/C8H18N2OS.C8H16O3.C2H5NO/c9-5-2-1-3-6-10-8(11)4-7-12;1-2-6-3-4-11-7(5-9)8(6)10;1-2(3)4/h12H,1-7,9H2,(H,10,11);6-10H,2-5H2,1H3;1H3,(H2,3,4). The number of aliphatic hydroxyl groups is 2. The Labute approximate surface area is 168 Å². The number of primary amides is 1. The number of aliphatic hydroxyl groups excluding tert-OH is 2. The van der Waals surface area contributed by atoms with Crippen molar-refractivity contribution < 1.29 is 24.5 Å². The second-order valence-electron chi connectivity index (χ2n) is 6.32. The molecule has 1 rings (SSSR count). The van der Waals surface area contributed by atoms with Crippen LogP contribution in [0.25, 0.3) is 0 Å².